The molecule has 3 aromatic heterocycles. The molecule has 32 heavy (non-hydrogen) atoms. The minimum Gasteiger partial charge on any atom is -0.319 e. The molecule has 3 heterocycles. The Kier molecular flexibility index (Phi) is 5.40. The lowest BCUT2D eigenvalue weighted by molar-refractivity contribution is 0.102. The summed E-state index contributed by atoms with van der Waals surface area (Å²) in [5, 5.41) is 17.8. The monoisotopic (exact) mass is 423 g/mol. The van der Waals surface area contributed by atoms with Crippen molar-refractivity contribution in [2.45, 2.75) is 19.4 Å². The minimum atomic E-state index is -0.196. The molecule has 0 aliphatic heterocycles. The van der Waals surface area contributed by atoms with E-state index in [9.17, 15) is 4.79 Å². The zero-order valence-electron chi connectivity index (χ0n) is 17.3. The van der Waals surface area contributed by atoms with Gasteiger partial charge in [-0.3, -0.25) is 14.6 Å². The molecule has 0 aliphatic carbocycles. The summed E-state index contributed by atoms with van der Waals surface area (Å²) in [4.78, 5) is 17.3. The van der Waals surface area contributed by atoms with Crippen LogP contribution in [-0.2, 0) is 13.0 Å². The van der Waals surface area contributed by atoms with E-state index in [1.54, 1.807) is 12.3 Å². The molecule has 0 saturated carbocycles. The Labute approximate surface area is 184 Å². The molecule has 0 aliphatic rings. The predicted octanol–water partition coefficient (Wildman–Crippen LogP) is 4.10. The number of fused-ring (bicyclic) bond motifs is 1. The van der Waals surface area contributed by atoms with Crippen LogP contribution in [0, 0.1) is 0 Å². The van der Waals surface area contributed by atoms with Crippen LogP contribution in [0.4, 0.5) is 5.69 Å². The second-order valence-corrected chi connectivity index (χ2v) is 7.50. The Morgan fingerprint density at radius 3 is 2.84 bits per heavy atom. The summed E-state index contributed by atoms with van der Waals surface area (Å²) >= 11 is 0. The van der Waals surface area contributed by atoms with E-state index in [-0.39, 0.29) is 5.91 Å². The highest BCUT2D eigenvalue weighted by molar-refractivity contribution is 6.04. The molecule has 0 spiro atoms. The molecule has 0 radical (unpaired) electrons. The predicted molar refractivity (Wildman–Crippen MR) is 122 cm³/mol. The largest absolute Gasteiger partial charge is 0.319 e. The molecule has 0 atom stereocenters. The molecule has 0 bridgehead atoms. The van der Waals surface area contributed by atoms with Gasteiger partial charge in [-0.1, -0.05) is 47.7 Å². The van der Waals surface area contributed by atoms with Crippen LogP contribution < -0.4 is 5.32 Å². The Morgan fingerprint density at radius 1 is 1.03 bits per heavy atom. The molecule has 158 valence electrons. The number of nitrogens with zero attached hydrogens (tertiary/aromatic N) is 5. The van der Waals surface area contributed by atoms with Crippen LogP contribution in [0.1, 0.15) is 22.3 Å². The lowest BCUT2D eigenvalue weighted by Gasteiger charge is -2.06. The highest BCUT2D eigenvalue weighted by Gasteiger charge is 2.11. The number of amides is 1. The summed E-state index contributed by atoms with van der Waals surface area (Å²) in [6, 6.07) is 21.5. The number of aromatic nitrogens is 6. The Morgan fingerprint density at radius 2 is 1.94 bits per heavy atom. The average Bonchev–Trinajstić information content (AvgIpc) is 3.49. The maximum atomic E-state index is 12.8. The fourth-order valence-electron chi connectivity index (χ4n) is 3.56. The third kappa shape index (κ3) is 4.39. The van der Waals surface area contributed by atoms with Gasteiger partial charge in [0.1, 0.15) is 5.52 Å². The number of hydrogen-bond donors (Lipinski definition) is 2. The van der Waals surface area contributed by atoms with Crippen LogP contribution >= 0.6 is 0 Å². The van der Waals surface area contributed by atoms with Crippen molar-refractivity contribution in [3.8, 4) is 11.3 Å². The molecular weight excluding hydrogens is 402 g/mol. The average molecular weight is 423 g/mol. The molecule has 0 unspecified atom stereocenters. The van der Waals surface area contributed by atoms with Crippen LogP contribution in [0.5, 0.6) is 0 Å². The number of aryl methyl sites for hydroxylation is 2. The Hall–Kier alpha value is -4.33. The van der Waals surface area contributed by atoms with Crippen molar-refractivity contribution in [1.29, 1.82) is 0 Å². The fourth-order valence-corrected chi connectivity index (χ4v) is 3.56. The van der Waals surface area contributed by atoms with Gasteiger partial charge in [0, 0.05) is 23.9 Å². The summed E-state index contributed by atoms with van der Waals surface area (Å²) in [6.07, 6.45) is 5.49. The first-order valence-corrected chi connectivity index (χ1v) is 10.4. The second kappa shape index (κ2) is 8.81. The number of nitrogens with one attached hydrogen (secondary N) is 2. The number of carbonyl (C=O) groups excluding carboxylic acids is 1. The molecule has 2 N–H and O–H groups in total. The standard InChI is InChI=1S/C24H21N7O/c32-24(26-20-15-25-31(16-20)13-5-8-17-6-2-1-3-7-17)19-10-4-9-18(14-19)21-11-12-22-23(27-21)29-30-28-22/h1-4,6-7,9-12,14-16H,5,8,13H2,(H,26,32)(H,27,28,29,30). The molecule has 8 nitrogen and oxygen atoms in total. The van der Waals surface area contributed by atoms with Crippen molar-refractivity contribution in [2.75, 3.05) is 5.32 Å². The molecule has 0 saturated heterocycles. The van der Waals surface area contributed by atoms with Crippen LogP contribution in [0.2, 0.25) is 0 Å². The summed E-state index contributed by atoms with van der Waals surface area (Å²) in [6.45, 7) is 0.788. The summed E-state index contributed by atoms with van der Waals surface area (Å²) in [5.41, 5.74) is 5.39. The molecule has 1 amide bonds. The quantitative estimate of drug-likeness (QED) is 0.410. The lowest BCUT2D eigenvalue weighted by atomic mass is 10.1. The highest BCUT2D eigenvalue weighted by Crippen LogP contribution is 2.21. The SMILES string of the molecule is O=C(Nc1cnn(CCCc2ccccc2)c1)c1cccc(-c2ccc3[nH]nnc3n2)c1. The van der Waals surface area contributed by atoms with Crippen molar-refractivity contribution in [3.05, 3.63) is 90.3 Å². The van der Waals surface area contributed by atoms with E-state index in [0.717, 1.165) is 36.2 Å². The van der Waals surface area contributed by atoms with Crippen molar-refractivity contribution in [3.63, 3.8) is 0 Å². The maximum Gasteiger partial charge on any atom is 0.255 e. The van der Waals surface area contributed by atoms with Crippen molar-refractivity contribution >= 4 is 22.8 Å². The van der Waals surface area contributed by atoms with E-state index in [1.807, 2.05) is 47.3 Å². The maximum absolute atomic E-state index is 12.8. The van der Waals surface area contributed by atoms with Crippen LogP contribution in [0.25, 0.3) is 22.4 Å². The minimum absolute atomic E-state index is 0.196. The van der Waals surface area contributed by atoms with Gasteiger partial charge in [0.05, 0.1) is 17.6 Å². The van der Waals surface area contributed by atoms with E-state index in [2.05, 4.69) is 55.1 Å². The van der Waals surface area contributed by atoms with Crippen LogP contribution in [0.15, 0.2) is 79.1 Å². The first-order chi connectivity index (χ1) is 15.7. The zero-order valence-corrected chi connectivity index (χ0v) is 17.3. The van der Waals surface area contributed by atoms with Crippen molar-refractivity contribution < 1.29 is 4.79 Å². The van der Waals surface area contributed by atoms with Gasteiger partial charge in [-0.25, -0.2) is 4.98 Å². The smallest absolute Gasteiger partial charge is 0.255 e. The van der Waals surface area contributed by atoms with Gasteiger partial charge >= 0.3 is 0 Å². The van der Waals surface area contributed by atoms with E-state index in [1.165, 1.54) is 5.56 Å². The van der Waals surface area contributed by atoms with Crippen molar-refractivity contribution in [1.82, 2.24) is 30.2 Å². The summed E-state index contributed by atoms with van der Waals surface area (Å²) in [5.74, 6) is -0.196. The number of rotatable bonds is 7. The zero-order chi connectivity index (χ0) is 21.8. The van der Waals surface area contributed by atoms with Gasteiger partial charge in [0.2, 0.25) is 5.65 Å². The summed E-state index contributed by atoms with van der Waals surface area (Å²) < 4.78 is 1.85. The molecular formula is C24H21N7O. The van der Waals surface area contributed by atoms with Gasteiger partial charge in [-0.05, 0) is 42.7 Å². The molecule has 8 heteroatoms. The molecule has 0 fully saturated rings. The summed E-state index contributed by atoms with van der Waals surface area (Å²) in [7, 11) is 0. The van der Waals surface area contributed by atoms with Crippen LogP contribution in [0.3, 0.4) is 0 Å². The normalized spacial score (nSPS) is 11.0. The molecule has 2 aromatic carbocycles. The van der Waals surface area contributed by atoms with E-state index < -0.39 is 0 Å². The van der Waals surface area contributed by atoms with Gasteiger partial charge in [-0.15, -0.1) is 5.10 Å². The van der Waals surface area contributed by atoms with Gasteiger partial charge < -0.3 is 5.32 Å². The number of hydrogen-bond acceptors (Lipinski definition) is 5. The first kappa shape index (κ1) is 19.6. The molecule has 5 rings (SSSR count). The fraction of sp³-hybridized carbons (Fsp3) is 0.125. The van der Waals surface area contributed by atoms with E-state index in [4.69, 9.17) is 0 Å². The number of pyridine rings is 1. The topological polar surface area (TPSA) is 101 Å². The van der Waals surface area contributed by atoms with Gasteiger partial charge in [0.15, 0.2) is 0 Å². The van der Waals surface area contributed by atoms with Gasteiger partial charge in [-0.2, -0.15) is 5.10 Å². The third-order valence-corrected chi connectivity index (χ3v) is 5.20. The number of anilines is 1. The van der Waals surface area contributed by atoms with Crippen molar-refractivity contribution in [2.24, 2.45) is 0 Å². The first-order valence-electron chi connectivity index (χ1n) is 10.4. The highest BCUT2D eigenvalue weighted by atomic mass is 16.1. The number of benzene rings is 2. The number of aromatic amines is 1. The third-order valence-electron chi connectivity index (χ3n) is 5.20. The molecule has 5 aromatic rings. The second-order valence-electron chi connectivity index (χ2n) is 7.50. The van der Waals surface area contributed by atoms with E-state index in [0.29, 0.717) is 16.9 Å². The lowest BCUT2D eigenvalue weighted by Crippen LogP contribution is -2.11. The number of H-pyrrole nitrogens is 1. The Balaban J connectivity index is 1.23. The van der Waals surface area contributed by atoms with E-state index >= 15 is 0 Å². The number of carbonyl (C=O) groups is 1. The Bertz CT molecular complexity index is 1360. The van der Waals surface area contributed by atoms with Gasteiger partial charge in [0.25, 0.3) is 5.91 Å². The van der Waals surface area contributed by atoms with Crippen LogP contribution in [-0.4, -0.2) is 36.1 Å².